The molecule has 1 N–H and O–H groups in total. The van der Waals surface area contributed by atoms with Gasteiger partial charge >= 0.3 is 0 Å². The summed E-state index contributed by atoms with van der Waals surface area (Å²) < 4.78 is 11.0. The lowest BCUT2D eigenvalue weighted by Crippen LogP contribution is -2.30. The van der Waals surface area contributed by atoms with Gasteiger partial charge in [-0.1, -0.05) is 84.9 Å². The minimum Gasteiger partial charge on any atom is -0.497 e. The van der Waals surface area contributed by atoms with Crippen LogP contribution in [0, 0.1) is 0 Å². The van der Waals surface area contributed by atoms with Crippen molar-refractivity contribution in [2.75, 3.05) is 19.1 Å². The number of hydrogen-bond donors (Lipinski definition) is 1. The van der Waals surface area contributed by atoms with Crippen molar-refractivity contribution in [2.24, 2.45) is 0 Å². The highest BCUT2D eigenvalue weighted by molar-refractivity contribution is 6.09. The van der Waals surface area contributed by atoms with Crippen LogP contribution in [-0.2, 0) is 18.7 Å². The molecule has 0 radical (unpaired) electrons. The zero-order valence-electron chi connectivity index (χ0n) is 26.4. The van der Waals surface area contributed by atoms with E-state index in [-0.39, 0.29) is 0 Å². The van der Waals surface area contributed by atoms with Crippen LogP contribution in [-0.4, -0.2) is 24.3 Å². The Labute approximate surface area is 274 Å². The number of hydrogen-bond acceptors (Lipinski definition) is 5. The number of aromatic nitrogens is 1. The molecule has 0 atom stereocenters. The number of anilines is 1. The third-order valence-corrected chi connectivity index (χ3v) is 9.55. The molecule has 0 spiro atoms. The Bertz CT molecular complexity index is 2180. The third-order valence-electron chi connectivity index (χ3n) is 9.55. The van der Waals surface area contributed by atoms with Crippen molar-refractivity contribution in [1.82, 2.24) is 4.98 Å². The lowest BCUT2D eigenvalue weighted by molar-refractivity contribution is 0.127. The molecule has 0 fully saturated rings. The normalized spacial score (nSPS) is 12.8. The molecule has 6 aromatic carbocycles. The molecule has 47 heavy (non-hydrogen) atoms. The maximum atomic E-state index is 13.3. The number of ether oxygens (including phenoxy) is 2. The van der Waals surface area contributed by atoms with Crippen molar-refractivity contribution >= 4 is 27.2 Å². The maximum Gasteiger partial charge on any atom is 0.141 e. The van der Waals surface area contributed by atoms with Gasteiger partial charge in [-0.3, -0.25) is 4.98 Å². The minimum absolute atomic E-state index is 0.654. The molecule has 0 bridgehead atoms. The monoisotopic (exact) mass is 614 g/mol. The fraction of sp³-hybridized carbons (Fsp3) is 0.119. The van der Waals surface area contributed by atoms with Crippen LogP contribution < -0.4 is 14.4 Å². The number of pyridine rings is 1. The Morgan fingerprint density at radius 3 is 1.79 bits per heavy atom. The van der Waals surface area contributed by atoms with Gasteiger partial charge in [0, 0.05) is 36.7 Å². The fourth-order valence-corrected chi connectivity index (χ4v) is 7.24. The third kappa shape index (κ3) is 4.79. The van der Waals surface area contributed by atoms with E-state index in [2.05, 4.69) is 88.7 Å². The highest BCUT2D eigenvalue weighted by Gasteiger charge is 2.37. The van der Waals surface area contributed by atoms with Crippen LogP contribution in [0.5, 0.6) is 11.5 Å². The van der Waals surface area contributed by atoms with Crippen LogP contribution in [0.25, 0.3) is 32.7 Å². The number of rotatable bonds is 6. The van der Waals surface area contributed by atoms with Crippen molar-refractivity contribution in [3.05, 3.63) is 168 Å². The number of fused-ring (bicyclic) bond motifs is 7. The quantitative estimate of drug-likeness (QED) is 0.190. The van der Waals surface area contributed by atoms with Crippen LogP contribution in [0.1, 0.15) is 27.8 Å². The van der Waals surface area contributed by atoms with Gasteiger partial charge in [0.25, 0.3) is 0 Å². The van der Waals surface area contributed by atoms with Gasteiger partial charge in [0.1, 0.15) is 17.1 Å². The molecule has 1 aromatic heterocycles. The summed E-state index contributed by atoms with van der Waals surface area (Å²) in [4.78, 5) is 6.70. The largest absolute Gasteiger partial charge is 0.497 e. The van der Waals surface area contributed by atoms with E-state index < -0.39 is 5.60 Å². The Morgan fingerprint density at radius 2 is 1.15 bits per heavy atom. The van der Waals surface area contributed by atoms with Gasteiger partial charge in [0.2, 0.25) is 0 Å². The molecule has 0 aliphatic carbocycles. The molecule has 1 aliphatic heterocycles. The summed E-state index contributed by atoms with van der Waals surface area (Å²) in [6, 6.07) is 43.4. The molecule has 2 heterocycles. The summed E-state index contributed by atoms with van der Waals surface area (Å²) >= 11 is 0. The fourth-order valence-electron chi connectivity index (χ4n) is 7.24. The van der Waals surface area contributed by atoms with Crippen LogP contribution in [0.2, 0.25) is 0 Å². The van der Waals surface area contributed by atoms with E-state index in [0.717, 1.165) is 56.8 Å². The molecule has 0 amide bonds. The molecular weight excluding hydrogens is 580 g/mol. The van der Waals surface area contributed by atoms with E-state index in [9.17, 15) is 5.11 Å². The molecule has 5 heteroatoms. The first-order chi connectivity index (χ1) is 23.1. The second-order valence-corrected chi connectivity index (χ2v) is 12.1. The minimum atomic E-state index is -1.48. The van der Waals surface area contributed by atoms with E-state index in [1.807, 2.05) is 60.9 Å². The van der Waals surface area contributed by atoms with Gasteiger partial charge in [-0.05, 0) is 97.4 Å². The SMILES string of the molecule is COc1ccc(C(O)(c2ccc(OC)cc2)c2cc3c(c4ccccc24)-c2c(ccc4ccccc24)CN(c2ccncc2)C3)cc1. The van der Waals surface area contributed by atoms with E-state index in [1.54, 1.807) is 14.2 Å². The lowest BCUT2D eigenvalue weighted by atomic mass is 9.76. The van der Waals surface area contributed by atoms with E-state index in [0.29, 0.717) is 6.54 Å². The average Bonchev–Trinajstić information content (AvgIpc) is 3.32. The summed E-state index contributed by atoms with van der Waals surface area (Å²) in [7, 11) is 3.31. The zero-order chi connectivity index (χ0) is 32.0. The Morgan fingerprint density at radius 1 is 0.596 bits per heavy atom. The summed E-state index contributed by atoms with van der Waals surface area (Å²) in [5, 5.41) is 17.8. The molecule has 1 aliphatic rings. The van der Waals surface area contributed by atoms with Crippen molar-refractivity contribution in [3.63, 3.8) is 0 Å². The zero-order valence-corrected chi connectivity index (χ0v) is 26.4. The molecule has 7 aromatic rings. The topological polar surface area (TPSA) is 54.8 Å². The highest BCUT2D eigenvalue weighted by Crippen LogP contribution is 2.48. The molecular formula is C42H34N2O3. The average molecular weight is 615 g/mol. The molecule has 0 saturated heterocycles. The standard InChI is InChI=1S/C42H34N2O3/c1-46-34-17-13-31(14-18-34)42(45,32-15-19-35(47-2)20-16-32)39-25-30-27-44(33-21-23-43-24-22-33)26-29-12-11-28-7-3-4-8-36(28)40(29)41(30)38-10-6-5-9-37(38)39/h3-25,45H,26-27H2,1-2H3. The first-order valence-electron chi connectivity index (χ1n) is 15.8. The van der Waals surface area contributed by atoms with Crippen LogP contribution in [0.15, 0.2) is 140 Å². The lowest BCUT2D eigenvalue weighted by Gasteiger charge is -2.33. The maximum absolute atomic E-state index is 13.3. The summed E-state index contributed by atoms with van der Waals surface area (Å²) in [6.45, 7) is 1.39. The second kappa shape index (κ2) is 11.6. The number of methoxy groups -OCH3 is 2. The van der Waals surface area contributed by atoms with Crippen LogP contribution >= 0.6 is 0 Å². The molecule has 230 valence electrons. The van der Waals surface area contributed by atoms with Gasteiger partial charge in [-0.15, -0.1) is 0 Å². The van der Waals surface area contributed by atoms with Gasteiger partial charge in [-0.25, -0.2) is 0 Å². The molecule has 0 saturated carbocycles. The smallest absolute Gasteiger partial charge is 0.141 e. The van der Waals surface area contributed by atoms with Crippen molar-refractivity contribution in [2.45, 2.75) is 18.7 Å². The molecule has 0 unspecified atom stereocenters. The van der Waals surface area contributed by atoms with Crippen LogP contribution in [0.3, 0.4) is 0 Å². The van der Waals surface area contributed by atoms with E-state index in [4.69, 9.17) is 9.47 Å². The summed E-state index contributed by atoms with van der Waals surface area (Å²) in [6.07, 6.45) is 3.70. The highest BCUT2D eigenvalue weighted by atomic mass is 16.5. The number of aliphatic hydroxyl groups is 1. The number of nitrogens with zero attached hydrogens (tertiary/aromatic N) is 2. The predicted molar refractivity (Wildman–Crippen MR) is 189 cm³/mol. The van der Waals surface area contributed by atoms with Crippen molar-refractivity contribution in [3.8, 4) is 22.6 Å². The van der Waals surface area contributed by atoms with Crippen LogP contribution in [0.4, 0.5) is 5.69 Å². The summed E-state index contributed by atoms with van der Waals surface area (Å²) in [5.41, 5.74) is 6.79. The van der Waals surface area contributed by atoms with Crippen molar-refractivity contribution in [1.29, 1.82) is 0 Å². The second-order valence-electron chi connectivity index (χ2n) is 12.1. The summed E-state index contributed by atoms with van der Waals surface area (Å²) in [5.74, 6) is 1.46. The Kier molecular flexibility index (Phi) is 7.12. The molecule has 5 nitrogen and oxygen atoms in total. The Hall–Kier alpha value is -5.65. The first-order valence-corrected chi connectivity index (χ1v) is 15.8. The van der Waals surface area contributed by atoms with Gasteiger partial charge in [-0.2, -0.15) is 0 Å². The van der Waals surface area contributed by atoms with Gasteiger partial charge in [0.05, 0.1) is 14.2 Å². The predicted octanol–water partition coefficient (Wildman–Crippen LogP) is 8.88. The molecule has 8 rings (SSSR count). The van der Waals surface area contributed by atoms with Crippen molar-refractivity contribution < 1.29 is 14.6 Å². The number of benzene rings is 6. The first kappa shape index (κ1) is 28.8. The van der Waals surface area contributed by atoms with E-state index >= 15 is 0 Å². The van der Waals surface area contributed by atoms with E-state index in [1.165, 1.54) is 27.5 Å². The van der Waals surface area contributed by atoms with Gasteiger partial charge < -0.3 is 19.5 Å². The Balaban J connectivity index is 1.47. The van der Waals surface area contributed by atoms with Gasteiger partial charge in [0.15, 0.2) is 0 Å².